The summed E-state index contributed by atoms with van der Waals surface area (Å²) in [5, 5.41) is 19.2. The molecule has 0 saturated heterocycles. The van der Waals surface area contributed by atoms with Crippen LogP contribution in [0, 0.1) is 10.1 Å². The lowest BCUT2D eigenvalue weighted by Crippen LogP contribution is -2.14. The van der Waals surface area contributed by atoms with E-state index in [0.717, 1.165) is 0 Å². The maximum Gasteiger partial charge on any atom is 0.346 e. The van der Waals surface area contributed by atoms with Gasteiger partial charge in [0.15, 0.2) is 5.75 Å². The second-order valence-corrected chi connectivity index (χ2v) is 10.4. The summed E-state index contributed by atoms with van der Waals surface area (Å²) >= 11 is 0. The van der Waals surface area contributed by atoms with Crippen molar-refractivity contribution in [2.75, 3.05) is 26.4 Å². The molecule has 51 heavy (non-hydrogen) atoms. The molecule has 2 heterocycles. The van der Waals surface area contributed by atoms with Crippen LogP contribution in [0.3, 0.4) is 0 Å². The summed E-state index contributed by atoms with van der Waals surface area (Å²) in [6, 6.07) is 17.5. The van der Waals surface area contributed by atoms with Gasteiger partial charge in [0, 0.05) is 18.2 Å². The standard InChI is InChI=1S/C34H21N3O14/c38-29(18-1-8-23-25(15-18)33(42)50-31(23)40)48-13-11-46-22-7-10-27(36-35-20-3-5-21(6-4-20)37(44)45)28(17-22)47-12-14-49-30(39)19-2-9-24-26(16-19)34(43)51-32(24)41/h1-10,15-17H,11-14H2. The Labute approximate surface area is 285 Å². The molecular weight excluding hydrogens is 674 g/mol. The van der Waals surface area contributed by atoms with Crippen LogP contribution in [0.15, 0.2) is 89.1 Å². The first kappa shape index (κ1) is 33.6. The van der Waals surface area contributed by atoms with Gasteiger partial charge in [-0.15, -0.1) is 5.11 Å². The Hall–Kier alpha value is -7.30. The van der Waals surface area contributed by atoms with E-state index in [2.05, 4.69) is 19.7 Å². The van der Waals surface area contributed by atoms with Crippen LogP contribution in [0.2, 0.25) is 0 Å². The molecule has 0 fully saturated rings. The minimum absolute atomic E-state index is 0.0165. The number of carbonyl (C=O) groups is 6. The van der Waals surface area contributed by atoms with Crippen LogP contribution < -0.4 is 9.47 Å². The SMILES string of the molecule is O=C(OCCOc1ccc(N=Nc2ccc([N+](=O)[O-])cc2)c(OCCOC(=O)c2ccc3c(c2)C(=O)OC3=O)c1)c1ccc2c(c1)C(=O)OC2=O. The van der Waals surface area contributed by atoms with E-state index in [1.165, 1.54) is 78.9 Å². The van der Waals surface area contributed by atoms with Gasteiger partial charge in [0.2, 0.25) is 0 Å². The summed E-state index contributed by atoms with van der Waals surface area (Å²) in [5.41, 5.74) is 0.472. The number of azo groups is 1. The molecule has 0 bridgehead atoms. The van der Waals surface area contributed by atoms with E-state index in [9.17, 15) is 38.9 Å². The molecule has 256 valence electrons. The molecule has 6 rings (SSSR count). The predicted octanol–water partition coefficient (Wildman–Crippen LogP) is 5.10. The van der Waals surface area contributed by atoms with Crippen molar-refractivity contribution in [3.63, 3.8) is 0 Å². The monoisotopic (exact) mass is 695 g/mol. The zero-order chi connectivity index (χ0) is 36.1. The van der Waals surface area contributed by atoms with Gasteiger partial charge >= 0.3 is 35.8 Å². The maximum atomic E-state index is 12.6. The van der Waals surface area contributed by atoms with E-state index in [4.69, 9.17) is 18.9 Å². The summed E-state index contributed by atoms with van der Waals surface area (Å²) < 4.78 is 31.0. The van der Waals surface area contributed by atoms with Crippen molar-refractivity contribution < 1.29 is 62.1 Å². The summed E-state index contributed by atoms with van der Waals surface area (Å²) in [7, 11) is 0. The van der Waals surface area contributed by atoms with Crippen molar-refractivity contribution in [2.45, 2.75) is 0 Å². The highest BCUT2D eigenvalue weighted by molar-refractivity contribution is 6.16. The highest BCUT2D eigenvalue weighted by Gasteiger charge is 2.31. The minimum atomic E-state index is -0.866. The number of ether oxygens (including phenoxy) is 6. The van der Waals surface area contributed by atoms with Gasteiger partial charge in [0.25, 0.3) is 5.69 Å². The fraction of sp³-hybridized carbons (Fsp3) is 0.118. The van der Waals surface area contributed by atoms with Crippen molar-refractivity contribution in [3.8, 4) is 11.5 Å². The van der Waals surface area contributed by atoms with E-state index in [0.29, 0.717) is 5.69 Å². The summed E-state index contributed by atoms with van der Waals surface area (Å²) in [6.45, 7) is -0.703. The predicted molar refractivity (Wildman–Crippen MR) is 168 cm³/mol. The number of fused-ring (bicyclic) bond motifs is 2. The molecular formula is C34H21N3O14. The fourth-order valence-corrected chi connectivity index (χ4v) is 4.71. The van der Waals surface area contributed by atoms with Gasteiger partial charge in [-0.05, 0) is 60.7 Å². The first-order valence-corrected chi connectivity index (χ1v) is 14.8. The fourth-order valence-electron chi connectivity index (χ4n) is 4.71. The number of nitro groups is 1. The van der Waals surface area contributed by atoms with Crippen LogP contribution in [0.5, 0.6) is 11.5 Å². The lowest BCUT2D eigenvalue weighted by molar-refractivity contribution is -0.384. The van der Waals surface area contributed by atoms with Gasteiger partial charge in [-0.2, -0.15) is 5.11 Å². The van der Waals surface area contributed by atoms with Crippen LogP contribution in [0.4, 0.5) is 17.1 Å². The highest BCUT2D eigenvalue weighted by Crippen LogP contribution is 2.33. The number of carbonyl (C=O) groups excluding carboxylic acids is 6. The normalized spacial score (nSPS) is 12.9. The topological polar surface area (TPSA) is 226 Å². The molecule has 0 spiro atoms. The average molecular weight is 696 g/mol. The third-order valence-corrected chi connectivity index (χ3v) is 7.19. The Morgan fingerprint density at radius 2 is 1.14 bits per heavy atom. The molecule has 0 radical (unpaired) electrons. The van der Waals surface area contributed by atoms with Crippen molar-refractivity contribution >= 4 is 52.9 Å². The lowest BCUT2D eigenvalue weighted by Gasteiger charge is -2.12. The van der Waals surface area contributed by atoms with E-state index in [1.54, 1.807) is 0 Å². The molecule has 17 heteroatoms. The van der Waals surface area contributed by atoms with Crippen LogP contribution in [0.1, 0.15) is 62.1 Å². The Bertz CT molecular complexity index is 2160. The van der Waals surface area contributed by atoms with Crippen LogP contribution in [0.25, 0.3) is 0 Å². The molecule has 17 nitrogen and oxygen atoms in total. The van der Waals surface area contributed by atoms with Crippen LogP contribution in [-0.2, 0) is 18.9 Å². The Morgan fingerprint density at radius 3 is 1.69 bits per heavy atom. The zero-order valence-electron chi connectivity index (χ0n) is 25.9. The zero-order valence-corrected chi connectivity index (χ0v) is 25.9. The smallest absolute Gasteiger partial charge is 0.346 e. The maximum absolute atomic E-state index is 12.6. The van der Waals surface area contributed by atoms with Crippen molar-refractivity contribution in [1.29, 1.82) is 0 Å². The largest absolute Gasteiger partial charge is 0.490 e. The van der Waals surface area contributed by atoms with E-state index in [1.807, 2.05) is 0 Å². The number of nitro benzene ring substituents is 1. The van der Waals surface area contributed by atoms with Crippen LogP contribution in [-0.4, -0.2) is 67.2 Å². The Balaban J connectivity index is 1.08. The van der Waals surface area contributed by atoms with Gasteiger partial charge in [-0.25, -0.2) is 28.8 Å². The first-order valence-electron chi connectivity index (χ1n) is 14.8. The van der Waals surface area contributed by atoms with Crippen LogP contribution >= 0.6 is 0 Å². The van der Waals surface area contributed by atoms with E-state index in [-0.39, 0.29) is 82.7 Å². The quantitative estimate of drug-likeness (QED) is 0.0337. The third-order valence-electron chi connectivity index (χ3n) is 7.19. The van der Waals surface area contributed by atoms with Crippen molar-refractivity contribution in [1.82, 2.24) is 0 Å². The third kappa shape index (κ3) is 7.56. The van der Waals surface area contributed by atoms with Crippen molar-refractivity contribution in [3.05, 3.63) is 122 Å². The number of hydrogen-bond donors (Lipinski definition) is 0. The number of non-ortho nitro benzene ring substituents is 1. The summed E-state index contributed by atoms with van der Waals surface area (Å²) in [6.07, 6.45) is 0. The molecule has 2 aliphatic rings. The first-order chi connectivity index (χ1) is 24.6. The van der Waals surface area contributed by atoms with Gasteiger partial charge < -0.3 is 28.4 Å². The minimum Gasteiger partial charge on any atom is -0.490 e. The molecule has 0 unspecified atom stereocenters. The number of benzene rings is 4. The molecule has 2 aliphatic heterocycles. The molecule has 0 atom stereocenters. The molecule has 0 N–H and O–H groups in total. The molecule has 0 aliphatic carbocycles. The van der Waals surface area contributed by atoms with Gasteiger partial charge in [0.05, 0.1) is 44.0 Å². The number of rotatable bonds is 13. The average Bonchev–Trinajstić information content (AvgIpc) is 3.59. The Kier molecular flexibility index (Phi) is 9.51. The second kappa shape index (κ2) is 14.4. The molecule has 4 aromatic rings. The van der Waals surface area contributed by atoms with E-state index < -0.39 is 40.7 Å². The number of nitrogens with zero attached hydrogens (tertiary/aromatic N) is 3. The molecule has 0 amide bonds. The highest BCUT2D eigenvalue weighted by atomic mass is 16.6. The number of hydrogen-bond acceptors (Lipinski definition) is 16. The van der Waals surface area contributed by atoms with E-state index >= 15 is 0 Å². The molecule has 4 aromatic carbocycles. The van der Waals surface area contributed by atoms with Gasteiger partial charge in [-0.3, -0.25) is 10.1 Å². The van der Waals surface area contributed by atoms with Crippen molar-refractivity contribution in [2.24, 2.45) is 10.2 Å². The summed E-state index contributed by atoms with van der Waals surface area (Å²) in [4.78, 5) is 82.3. The number of esters is 6. The van der Waals surface area contributed by atoms with Gasteiger partial charge in [0.1, 0.15) is 37.9 Å². The van der Waals surface area contributed by atoms with Gasteiger partial charge in [-0.1, -0.05) is 0 Å². The molecule has 0 aromatic heterocycles. The Morgan fingerprint density at radius 1 is 0.608 bits per heavy atom. The number of cyclic esters (lactones) is 4. The second-order valence-electron chi connectivity index (χ2n) is 10.4. The lowest BCUT2D eigenvalue weighted by atomic mass is 10.1. The molecule has 0 saturated carbocycles. The summed E-state index contributed by atoms with van der Waals surface area (Å²) in [5.74, 6) is -4.46.